The Kier molecular flexibility index (Phi) is 3.37. The zero-order valence-electron chi connectivity index (χ0n) is 11.9. The van der Waals surface area contributed by atoms with E-state index in [0.717, 1.165) is 23.4 Å². The minimum Gasteiger partial charge on any atom is -0.512 e. The Bertz CT molecular complexity index is 629. The summed E-state index contributed by atoms with van der Waals surface area (Å²) in [6, 6.07) is 0. The molecule has 1 N–H and O–H groups in total. The highest BCUT2D eigenvalue weighted by molar-refractivity contribution is 6.32. The minimum absolute atomic E-state index is 0.00707. The maximum absolute atomic E-state index is 11.7. The molecule has 0 aliphatic heterocycles. The number of aliphatic hydroxyl groups excluding tert-OH is 1. The van der Waals surface area contributed by atoms with Crippen LogP contribution in [-0.2, 0) is 17.6 Å². The topological polar surface area (TPSA) is 37.3 Å². The van der Waals surface area contributed by atoms with E-state index in [9.17, 15) is 9.90 Å². The molecule has 1 atom stereocenters. The monoisotopic (exact) mass is 290 g/mol. The van der Waals surface area contributed by atoms with Crippen molar-refractivity contribution in [2.75, 3.05) is 0 Å². The number of ketones is 1. The number of hydrogen-bond acceptors (Lipinski definition) is 2. The van der Waals surface area contributed by atoms with Crippen molar-refractivity contribution in [1.29, 1.82) is 0 Å². The Morgan fingerprint density at radius 2 is 1.80 bits per heavy atom. The number of halogens is 1. The molecule has 1 unspecified atom stereocenters. The molecule has 0 aromatic heterocycles. The number of aliphatic hydroxyl groups is 1. The normalized spacial score (nSPS) is 21.9. The summed E-state index contributed by atoms with van der Waals surface area (Å²) in [5.41, 5.74) is 6.31. The average molecular weight is 291 g/mol. The summed E-state index contributed by atoms with van der Waals surface area (Å²) in [5, 5.41) is 10.6. The average Bonchev–Trinajstić information content (AvgIpc) is 2.85. The lowest BCUT2D eigenvalue weighted by molar-refractivity contribution is -0.115. The molecule has 0 radical (unpaired) electrons. The van der Waals surface area contributed by atoms with Gasteiger partial charge in [-0.3, -0.25) is 4.79 Å². The zero-order valence-corrected chi connectivity index (χ0v) is 12.7. The lowest BCUT2D eigenvalue weighted by Gasteiger charge is -2.25. The molecule has 3 heteroatoms. The van der Waals surface area contributed by atoms with Crippen molar-refractivity contribution < 1.29 is 9.90 Å². The second-order valence-electron chi connectivity index (χ2n) is 6.00. The molecule has 0 saturated carbocycles. The van der Waals surface area contributed by atoms with Crippen molar-refractivity contribution in [3.05, 3.63) is 44.7 Å². The molecule has 1 aromatic rings. The van der Waals surface area contributed by atoms with Gasteiger partial charge in [0.15, 0.2) is 5.78 Å². The Labute approximate surface area is 124 Å². The Morgan fingerprint density at radius 3 is 2.45 bits per heavy atom. The summed E-state index contributed by atoms with van der Waals surface area (Å²) in [6.07, 6.45) is 5.71. The maximum atomic E-state index is 11.7. The summed E-state index contributed by atoms with van der Waals surface area (Å²) in [7, 11) is 0. The smallest absolute Gasteiger partial charge is 0.159 e. The Balaban J connectivity index is 2.13. The van der Waals surface area contributed by atoms with Crippen molar-refractivity contribution in [3.63, 3.8) is 0 Å². The van der Waals surface area contributed by atoms with Crippen LogP contribution >= 0.6 is 11.6 Å². The van der Waals surface area contributed by atoms with Gasteiger partial charge in [0.05, 0.1) is 5.76 Å². The van der Waals surface area contributed by atoms with E-state index in [1.54, 1.807) is 0 Å². The van der Waals surface area contributed by atoms with E-state index in [1.165, 1.54) is 34.8 Å². The van der Waals surface area contributed by atoms with Gasteiger partial charge in [-0.25, -0.2) is 0 Å². The largest absolute Gasteiger partial charge is 0.512 e. The van der Waals surface area contributed by atoms with Gasteiger partial charge in [0.2, 0.25) is 0 Å². The number of carbonyl (C=O) groups excluding carboxylic acids is 1. The third-order valence-corrected chi connectivity index (χ3v) is 5.22. The number of benzene rings is 1. The van der Waals surface area contributed by atoms with E-state index in [2.05, 4.69) is 13.8 Å². The van der Waals surface area contributed by atoms with E-state index in [4.69, 9.17) is 11.6 Å². The molecule has 2 aliphatic carbocycles. The predicted octanol–water partition coefficient (Wildman–Crippen LogP) is 4.33. The van der Waals surface area contributed by atoms with Crippen LogP contribution in [0, 0.1) is 13.8 Å². The highest BCUT2D eigenvalue weighted by atomic mass is 35.5. The van der Waals surface area contributed by atoms with Crippen LogP contribution in [0.3, 0.4) is 0 Å². The summed E-state index contributed by atoms with van der Waals surface area (Å²) in [6.45, 7) is 4.19. The fourth-order valence-electron chi connectivity index (χ4n) is 3.79. The van der Waals surface area contributed by atoms with Crippen LogP contribution in [0.5, 0.6) is 0 Å². The Hall–Kier alpha value is -1.28. The maximum Gasteiger partial charge on any atom is 0.159 e. The molecule has 20 heavy (non-hydrogen) atoms. The van der Waals surface area contributed by atoms with Gasteiger partial charge in [-0.1, -0.05) is 11.6 Å². The molecule has 2 aliphatic rings. The lowest BCUT2D eigenvalue weighted by Crippen LogP contribution is -2.15. The second kappa shape index (κ2) is 4.92. The number of fused-ring (bicyclic) bond motifs is 1. The molecule has 0 bridgehead atoms. The van der Waals surface area contributed by atoms with E-state index in [-0.39, 0.29) is 17.5 Å². The van der Waals surface area contributed by atoms with Crippen LogP contribution in [0.1, 0.15) is 53.0 Å². The molecule has 0 amide bonds. The summed E-state index contributed by atoms with van der Waals surface area (Å²) in [4.78, 5) is 11.7. The van der Waals surface area contributed by atoms with Crippen LogP contribution in [0.25, 0.3) is 0 Å². The first-order chi connectivity index (χ1) is 9.49. The molecule has 106 valence electrons. The van der Waals surface area contributed by atoms with Crippen LogP contribution < -0.4 is 0 Å². The van der Waals surface area contributed by atoms with Gasteiger partial charge in [-0.15, -0.1) is 0 Å². The third kappa shape index (κ3) is 2.07. The van der Waals surface area contributed by atoms with Crippen molar-refractivity contribution in [2.45, 2.75) is 51.9 Å². The number of carbonyl (C=O) groups is 1. The van der Waals surface area contributed by atoms with Gasteiger partial charge >= 0.3 is 0 Å². The Morgan fingerprint density at radius 1 is 1.15 bits per heavy atom. The fourth-order valence-corrected chi connectivity index (χ4v) is 4.20. The summed E-state index contributed by atoms with van der Waals surface area (Å²) in [5.74, 6) is 0.192. The molecular weight excluding hydrogens is 272 g/mol. The van der Waals surface area contributed by atoms with Crippen molar-refractivity contribution >= 4 is 17.4 Å². The van der Waals surface area contributed by atoms with E-state index < -0.39 is 0 Å². The molecule has 0 saturated heterocycles. The molecular formula is C17H19ClO2. The van der Waals surface area contributed by atoms with Crippen molar-refractivity contribution in [2.24, 2.45) is 0 Å². The highest BCUT2D eigenvalue weighted by Crippen LogP contribution is 2.43. The van der Waals surface area contributed by atoms with E-state index in [0.29, 0.717) is 12.8 Å². The number of allylic oxidation sites excluding steroid dienone is 2. The zero-order chi connectivity index (χ0) is 14.4. The third-order valence-electron chi connectivity index (χ3n) is 4.73. The lowest BCUT2D eigenvalue weighted by atomic mass is 9.81. The highest BCUT2D eigenvalue weighted by Gasteiger charge is 2.29. The van der Waals surface area contributed by atoms with Gasteiger partial charge < -0.3 is 5.11 Å². The molecule has 0 heterocycles. The van der Waals surface area contributed by atoms with E-state index in [1.807, 2.05) is 0 Å². The molecule has 0 fully saturated rings. The summed E-state index contributed by atoms with van der Waals surface area (Å²) >= 11 is 6.60. The summed E-state index contributed by atoms with van der Waals surface area (Å²) < 4.78 is 0. The first-order valence-corrected chi connectivity index (χ1v) is 7.59. The van der Waals surface area contributed by atoms with Crippen LogP contribution in [0.15, 0.2) is 11.8 Å². The van der Waals surface area contributed by atoms with E-state index >= 15 is 0 Å². The van der Waals surface area contributed by atoms with Crippen molar-refractivity contribution in [1.82, 2.24) is 0 Å². The van der Waals surface area contributed by atoms with Crippen LogP contribution in [-0.4, -0.2) is 10.9 Å². The first kappa shape index (κ1) is 13.7. The van der Waals surface area contributed by atoms with Crippen LogP contribution in [0.4, 0.5) is 0 Å². The fraction of sp³-hybridized carbons (Fsp3) is 0.471. The number of hydrogen-bond donors (Lipinski definition) is 1. The quantitative estimate of drug-likeness (QED) is 0.835. The van der Waals surface area contributed by atoms with Gasteiger partial charge in [-0.2, -0.15) is 0 Å². The molecule has 2 nitrogen and oxygen atoms in total. The number of rotatable bonds is 1. The second-order valence-corrected chi connectivity index (χ2v) is 6.37. The molecule has 0 spiro atoms. The van der Waals surface area contributed by atoms with Crippen molar-refractivity contribution in [3.8, 4) is 0 Å². The molecule has 1 aromatic carbocycles. The first-order valence-electron chi connectivity index (χ1n) is 7.21. The van der Waals surface area contributed by atoms with Gasteiger partial charge in [0.1, 0.15) is 0 Å². The standard InChI is InChI=1S/C17H19ClO2/c1-9-14-4-3-5-15(14)10(2)17(18)16(9)11-6-12(19)8-13(20)7-11/h8,11,19H,3-7H2,1-2H3. The molecule has 3 rings (SSSR count). The van der Waals surface area contributed by atoms with Gasteiger partial charge in [0, 0.05) is 23.9 Å². The SMILES string of the molecule is Cc1c(Cl)c(C2CC(=O)C=C(O)C2)c(C)c2c1CCC2. The predicted molar refractivity (Wildman–Crippen MR) is 80.6 cm³/mol. The van der Waals surface area contributed by atoms with Gasteiger partial charge in [-0.05, 0) is 66.8 Å². The van der Waals surface area contributed by atoms with Gasteiger partial charge in [0.25, 0.3) is 0 Å². The van der Waals surface area contributed by atoms with Crippen LogP contribution in [0.2, 0.25) is 5.02 Å². The minimum atomic E-state index is -0.00707.